The van der Waals surface area contributed by atoms with Crippen molar-refractivity contribution >= 4 is 28.4 Å². The van der Waals surface area contributed by atoms with Crippen LogP contribution in [0.15, 0.2) is 24.3 Å². The van der Waals surface area contributed by atoms with E-state index in [1.165, 1.54) is 3.57 Å². The van der Waals surface area contributed by atoms with Gasteiger partial charge in [0.25, 0.3) is 0 Å². The summed E-state index contributed by atoms with van der Waals surface area (Å²) >= 11 is 2.25. The Morgan fingerprint density at radius 2 is 2.00 bits per heavy atom. The number of carbonyl (C=O) groups is 1. The van der Waals surface area contributed by atoms with Crippen LogP contribution in [0.4, 0.5) is 0 Å². The van der Waals surface area contributed by atoms with Crippen molar-refractivity contribution in [2.45, 2.75) is 32.2 Å². The molecule has 0 saturated heterocycles. The Kier molecular flexibility index (Phi) is 5.25. The Morgan fingerprint density at radius 1 is 1.40 bits per heavy atom. The molecular formula is C12H16INO. The molecule has 2 nitrogen and oxygen atoms in total. The van der Waals surface area contributed by atoms with Crippen molar-refractivity contribution < 1.29 is 4.79 Å². The molecule has 1 rings (SSSR count). The second kappa shape index (κ2) is 6.23. The van der Waals surface area contributed by atoms with Crippen molar-refractivity contribution in [2.75, 3.05) is 0 Å². The first-order valence-electron chi connectivity index (χ1n) is 5.09. The first-order valence-corrected chi connectivity index (χ1v) is 6.17. The molecular weight excluding hydrogens is 301 g/mol. The maximum Gasteiger partial charge on any atom is 0.137 e. The van der Waals surface area contributed by atoms with Crippen molar-refractivity contribution in [3.8, 4) is 0 Å². The molecule has 0 aliphatic carbocycles. The normalized spacial score (nSPS) is 12.5. The summed E-state index contributed by atoms with van der Waals surface area (Å²) in [6, 6.07) is 8.17. The minimum absolute atomic E-state index is 0.116. The van der Waals surface area contributed by atoms with Crippen molar-refractivity contribution in [1.82, 2.24) is 0 Å². The molecule has 0 aliphatic heterocycles. The Labute approximate surface area is 104 Å². The van der Waals surface area contributed by atoms with Gasteiger partial charge in [-0.15, -0.1) is 0 Å². The predicted molar refractivity (Wildman–Crippen MR) is 70.8 cm³/mol. The summed E-state index contributed by atoms with van der Waals surface area (Å²) in [5.41, 5.74) is 6.69. The van der Waals surface area contributed by atoms with Gasteiger partial charge in [-0.2, -0.15) is 0 Å². The molecule has 0 aromatic heterocycles. The molecule has 0 aliphatic rings. The van der Waals surface area contributed by atoms with E-state index in [1.54, 1.807) is 0 Å². The van der Waals surface area contributed by atoms with E-state index in [9.17, 15) is 4.79 Å². The SMILES string of the molecule is CC(N)CCC(=O)Cc1ccc(I)cc1. The van der Waals surface area contributed by atoms with Crippen molar-refractivity contribution in [1.29, 1.82) is 0 Å². The summed E-state index contributed by atoms with van der Waals surface area (Å²) in [6.07, 6.45) is 1.90. The van der Waals surface area contributed by atoms with Crippen molar-refractivity contribution in [2.24, 2.45) is 5.73 Å². The van der Waals surface area contributed by atoms with Gasteiger partial charge < -0.3 is 5.73 Å². The Balaban J connectivity index is 2.41. The van der Waals surface area contributed by atoms with Crippen LogP contribution >= 0.6 is 22.6 Å². The quantitative estimate of drug-likeness (QED) is 0.848. The van der Waals surface area contributed by atoms with Gasteiger partial charge >= 0.3 is 0 Å². The van der Waals surface area contributed by atoms with Gasteiger partial charge in [-0.25, -0.2) is 0 Å². The van der Waals surface area contributed by atoms with Crippen LogP contribution in [0.3, 0.4) is 0 Å². The van der Waals surface area contributed by atoms with E-state index in [1.807, 2.05) is 31.2 Å². The highest BCUT2D eigenvalue weighted by Gasteiger charge is 2.05. The van der Waals surface area contributed by atoms with Crippen LogP contribution in [0.2, 0.25) is 0 Å². The standard InChI is InChI=1S/C12H16INO/c1-9(14)2-7-12(15)8-10-3-5-11(13)6-4-10/h3-6,9H,2,7-8,14H2,1H3. The summed E-state index contributed by atoms with van der Waals surface area (Å²) in [5.74, 6) is 0.272. The zero-order chi connectivity index (χ0) is 11.3. The minimum Gasteiger partial charge on any atom is -0.328 e. The lowest BCUT2D eigenvalue weighted by atomic mass is 10.0. The highest BCUT2D eigenvalue weighted by atomic mass is 127. The molecule has 1 aromatic rings. The smallest absolute Gasteiger partial charge is 0.137 e. The zero-order valence-electron chi connectivity index (χ0n) is 8.87. The molecule has 0 fully saturated rings. The molecule has 0 amide bonds. The van der Waals surface area contributed by atoms with Gasteiger partial charge in [0.1, 0.15) is 5.78 Å². The van der Waals surface area contributed by atoms with Gasteiger partial charge in [-0.3, -0.25) is 4.79 Å². The van der Waals surface area contributed by atoms with E-state index in [2.05, 4.69) is 22.6 Å². The molecule has 1 aromatic carbocycles. The van der Waals surface area contributed by atoms with Crippen molar-refractivity contribution in [3.05, 3.63) is 33.4 Å². The summed E-state index contributed by atoms with van der Waals surface area (Å²) in [4.78, 5) is 11.5. The summed E-state index contributed by atoms with van der Waals surface area (Å²) in [5, 5.41) is 0. The lowest BCUT2D eigenvalue weighted by Crippen LogP contribution is -2.16. The van der Waals surface area contributed by atoms with E-state index in [0.29, 0.717) is 12.8 Å². The highest BCUT2D eigenvalue weighted by Crippen LogP contribution is 2.09. The monoisotopic (exact) mass is 317 g/mol. The van der Waals surface area contributed by atoms with Gasteiger partial charge in [0.2, 0.25) is 0 Å². The second-order valence-electron chi connectivity index (χ2n) is 3.86. The fourth-order valence-corrected chi connectivity index (χ4v) is 1.67. The number of halogens is 1. The molecule has 0 bridgehead atoms. The van der Waals surface area contributed by atoms with Crippen LogP contribution in [-0.4, -0.2) is 11.8 Å². The first-order chi connectivity index (χ1) is 7.08. The number of hydrogen-bond donors (Lipinski definition) is 1. The summed E-state index contributed by atoms with van der Waals surface area (Å²) in [7, 11) is 0. The average Bonchev–Trinajstić information content (AvgIpc) is 2.19. The number of Topliss-reactive ketones (excluding diaryl/α,β-unsaturated/α-hetero) is 1. The lowest BCUT2D eigenvalue weighted by Gasteiger charge is -2.04. The molecule has 0 spiro atoms. The van der Waals surface area contributed by atoms with E-state index >= 15 is 0 Å². The topological polar surface area (TPSA) is 43.1 Å². The third-order valence-electron chi connectivity index (χ3n) is 2.19. The fourth-order valence-electron chi connectivity index (χ4n) is 1.31. The third kappa shape index (κ3) is 5.28. The molecule has 1 atom stereocenters. The van der Waals surface area contributed by atoms with Crippen LogP contribution in [-0.2, 0) is 11.2 Å². The number of nitrogens with two attached hydrogens (primary N) is 1. The molecule has 0 radical (unpaired) electrons. The lowest BCUT2D eigenvalue weighted by molar-refractivity contribution is -0.118. The molecule has 1 unspecified atom stereocenters. The predicted octanol–water partition coefficient (Wildman–Crippen LogP) is 2.53. The minimum atomic E-state index is 0.116. The average molecular weight is 317 g/mol. The van der Waals surface area contributed by atoms with Gasteiger partial charge in [-0.1, -0.05) is 12.1 Å². The molecule has 15 heavy (non-hydrogen) atoms. The Morgan fingerprint density at radius 3 is 2.53 bits per heavy atom. The first kappa shape index (κ1) is 12.6. The fraction of sp³-hybridized carbons (Fsp3) is 0.417. The number of carbonyl (C=O) groups excluding carboxylic acids is 1. The number of benzene rings is 1. The largest absolute Gasteiger partial charge is 0.328 e. The maximum absolute atomic E-state index is 11.5. The van der Waals surface area contributed by atoms with E-state index in [-0.39, 0.29) is 11.8 Å². The van der Waals surface area contributed by atoms with Gasteiger partial charge in [0.05, 0.1) is 0 Å². The van der Waals surface area contributed by atoms with Crippen LogP contribution in [0.1, 0.15) is 25.3 Å². The molecule has 0 heterocycles. The Bertz CT molecular complexity index is 319. The molecule has 82 valence electrons. The number of rotatable bonds is 5. The molecule has 2 N–H and O–H groups in total. The third-order valence-corrected chi connectivity index (χ3v) is 2.91. The van der Waals surface area contributed by atoms with Gasteiger partial charge in [-0.05, 0) is 53.6 Å². The van der Waals surface area contributed by atoms with Gasteiger partial charge in [0.15, 0.2) is 0 Å². The zero-order valence-corrected chi connectivity index (χ0v) is 11.0. The number of hydrogen-bond acceptors (Lipinski definition) is 2. The van der Waals surface area contributed by atoms with Crippen molar-refractivity contribution in [3.63, 3.8) is 0 Å². The van der Waals surface area contributed by atoms with E-state index < -0.39 is 0 Å². The van der Waals surface area contributed by atoms with Crippen LogP contribution < -0.4 is 5.73 Å². The van der Waals surface area contributed by atoms with Crippen LogP contribution in [0.25, 0.3) is 0 Å². The summed E-state index contributed by atoms with van der Waals surface area (Å²) in [6.45, 7) is 1.93. The maximum atomic E-state index is 11.5. The van der Waals surface area contributed by atoms with E-state index in [4.69, 9.17) is 5.73 Å². The highest BCUT2D eigenvalue weighted by molar-refractivity contribution is 14.1. The second-order valence-corrected chi connectivity index (χ2v) is 5.10. The molecule has 3 heteroatoms. The number of ketones is 1. The molecule has 0 saturated carbocycles. The van der Waals surface area contributed by atoms with E-state index in [0.717, 1.165) is 12.0 Å². The Hall–Kier alpha value is -0.420. The summed E-state index contributed by atoms with van der Waals surface area (Å²) < 4.78 is 1.19. The van der Waals surface area contributed by atoms with Gasteiger partial charge in [0, 0.05) is 22.5 Å². The van der Waals surface area contributed by atoms with Crippen LogP contribution in [0.5, 0.6) is 0 Å². The van der Waals surface area contributed by atoms with Crippen LogP contribution in [0, 0.1) is 3.57 Å².